The number of aryl methyl sites for hydroxylation is 2. The maximum absolute atomic E-state index is 2.32. The van der Waals surface area contributed by atoms with Crippen LogP contribution in [0.25, 0.3) is 44.5 Å². The van der Waals surface area contributed by atoms with E-state index in [0.29, 0.717) is 0 Å². The van der Waals surface area contributed by atoms with Crippen molar-refractivity contribution in [3.05, 3.63) is 132 Å². The quantitative estimate of drug-likeness (QED) is 0.270. The summed E-state index contributed by atoms with van der Waals surface area (Å²) in [4.78, 5) is 0. The van der Waals surface area contributed by atoms with Crippen molar-refractivity contribution in [1.29, 1.82) is 0 Å². The lowest BCUT2D eigenvalue weighted by molar-refractivity contribution is 1.40. The van der Waals surface area contributed by atoms with Crippen LogP contribution in [0, 0.1) is 20.8 Å². The Morgan fingerprint density at radius 1 is 0.333 bits per heavy atom. The number of hydrogen-bond donors (Lipinski definition) is 0. The summed E-state index contributed by atoms with van der Waals surface area (Å²) in [5.74, 6) is 0. The third kappa shape index (κ3) is 4.38. The van der Waals surface area contributed by atoms with Gasteiger partial charge in [-0.1, -0.05) is 103 Å². The molecule has 0 aromatic heterocycles. The van der Waals surface area contributed by atoms with Crippen LogP contribution in [0.1, 0.15) is 16.7 Å². The minimum absolute atomic E-state index is 1.25. The molecule has 0 fully saturated rings. The van der Waals surface area contributed by atoms with Crippen molar-refractivity contribution in [2.45, 2.75) is 20.8 Å². The Morgan fingerprint density at radius 3 is 1.15 bits per heavy atom. The first-order valence-electron chi connectivity index (χ1n) is 11.5. The Labute approximate surface area is 197 Å². The standard InChI is InChI=1S/C33H28/c1-23-17-28(26-11-6-4-7-12-26)21-30(19-23)32-15-10-16-33(25(32)3)31-20-24(2)18-29(22-31)27-13-8-5-9-14-27/h4-22H,1-3H3. The lowest BCUT2D eigenvalue weighted by Crippen LogP contribution is -1.91. The van der Waals surface area contributed by atoms with E-state index in [2.05, 4.69) is 136 Å². The van der Waals surface area contributed by atoms with Crippen LogP contribution in [0.15, 0.2) is 115 Å². The van der Waals surface area contributed by atoms with Crippen molar-refractivity contribution in [2.24, 2.45) is 0 Å². The molecule has 5 rings (SSSR count). The van der Waals surface area contributed by atoms with E-state index in [1.807, 2.05) is 0 Å². The third-order valence-electron chi connectivity index (χ3n) is 6.32. The summed E-state index contributed by atoms with van der Waals surface area (Å²) in [5.41, 5.74) is 14.0. The molecule has 0 unspecified atom stereocenters. The zero-order valence-electron chi connectivity index (χ0n) is 19.5. The Bertz CT molecular complexity index is 1300. The molecule has 0 amide bonds. The summed E-state index contributed by atoms with van der Waals surface area (Å²) in [6, 6.07) is 41.7. The maximum atomic E-state index is 2.32. The molecule has 5 aromatic carbocycles. The first-order valence-corrected chi connectivity index (χ1v) is 11.5. The number of rotatable bonds is 4. The lowest BCUT2D eigenvalue weighted by atomic mass is 9.89. The van der Waals surface area contributed by atoms with Gasteiger partial charge in [0.1, 0.15) is 0 Å². The normalized spacial score (nSPS) is 10.9. The fraction of sp³-hybridized carbons (Fsp3) is 0.0909. The summed E-state index contributed by atoms with van der Waals surface area (Å²) < 4.78 is 0. The average molecular weight is 425 g/mol. The predicted molar refractivity (Wildman–Crippen MR) is 142 cm³/mol. The molecule has 0 heterocycles. The van der Waals surface area contributed by atoms with Crippen LogP contribution in [0.5, 0.6) is 0 Å². The minimum Gasteiger partial charge on any atom is -0.0622 e. The summed E-state index contributed by atoms with van der Waals surface area (Å²) in [7, 11) is 0. The van der Waals surface area contributed by atoms with Crippen LogP contribution < -0.4 is 0 Å². The Kier molecular flexibility index (Phi) is 5.67. The van der Waals surface area contributed by atoms with Gasteiger partial charge < -0.3 is 0 Å². The Hall–Kier alpha value is -3.90. The third-order valence-corrected chi connectivity index (χ3v) is 6.32. The Morgan fingerprint density at radius 2 is 0.727 bits per heavy atom. The smallest absolute Gasteiger partial charge is 0.0148 e. The zero-order chi connectivity index (χ0) is 22.8. The second-order valence-electron chi connectivity index (χ2n) is 8.89. The number of benzene rings is 5. The van der Waals surface area contributed by atoms with Crippen molar-refractivity contribution in [3.8, 4) is 44.5 Å². The van der Waals surface area contributed by atoms with E-state index in [0.717, 1.165) is 0 Å². The molecule has 0 atom stereocenters. The van der Waals surface area contributed by atoms with Gasteiger partial charge >= 0.3 is 0 Å². The summed E-state index contributed by atoms with van der Waals surface area (Å²) >= 11 is 0. The van der Waals surface area contributed by atoms with Gasteiger partial charge in [-0.3, -0.25) is 0 Å². The molecule has 0 aliphatic rings. The minimum atomic E-state index is 1.25. The van der Waals surface area contributed by atoms with Crippen molar-refractivity contribution >= 4 is 0 Å². The fourth-order valence-electron chi connectivity index (χ4n) is 4.73. The second kappa shape index (κ2) is 8.92. The first-order chi connectivity index (χ1) is 16.1. The fourth-order valence-corrected chi connectivity index (χ4v) is 4.73. The van der Waals surface area contributed by atoms with E-state index >= 15 is 0 Å². The molecule has 0 aliphatic heterocycles. The van der Waals surface area contributed by atoms with Crippen LogP contribution >= 0.6 is 0 Å². The van der Waals surface area contributed by atoms with Gasteiger partial charge in [-0.05, 0) is 94.1 Å². The van der Waals surface area contributed by atoms with Gasteiger partial charge in [-0.2, -0.15) is 0 Å². The summed E-state index contributed by atoms with van der Waals surface area (Å²) in [6.07, 6.45) is 0. The monoisotopic (exact) mass is 424 g/mol. The molecule has 0 radical (unpaired) electrons. The molecule has 0 nitrogen and oxygen atoms in total. The zero-order valence-corrected chi connectivity index (χ0v) is 19.5. The molecule has 0 heteroatoms. The van der Waals surface area contributed by atoms with E-state index in [1.165, 1.54) is 61.2 Å². The van der Waals surface area contributed by atoms with Gasteiger partial charge in [0, 0.05) is 0 Å². The van der Waals surface area contributed by atoms with E-state index in [1.54, 1.807) is 0 Å². The van der Waals surface area contributed by atoms with Crippen molar-refractivity contribution in [1.82, 2.24) is 0 Å². The van der Waals surface area contributed by atoms with Gasteiger partial charge in [0.05, 0.1) is 0 Å². The van der Waals surface area contributed by atoms with Crippen molar-refractivity contribution < 1.29 is 0 Å². The molecule has 0 spiro atoms. The molecule has 33 heavy (non-hydrogen) atoms. The van der Waals surface area contributed by atoms with E-state index in [4.69, 9.17) is 0 Å². The van der Waals surface area contributed by atoms with Gasteiger partial charge in [0.15, 0.2) is 0 Å². The molecule has 0 saturated heterocycles. The summed E-state index contributed by atoms with van der Waals surface area (Å²) in [5, 5.41) is 0. The second-order valence-corrected chi connectivity index (χ2v) is 8.89. The van der Waals surface area contributed by atoms with Gasteiger partial charge in [0.2, 0.25) is 0 Å². The van der Waals surface area contributed by atoms with Gasteiger partial charge in [0.25, 0.3) is 0 Å². The average Bonchev–Trinajstić information content (AvgIpc) is 2.84. The topological polar surface area (TPSA) is 0 Å². The van der Waals surface area contributed by atoms with Crippen molar-refractivity contribution in [2.75, 3.05) is 0 Å². The molecular formula is C33H28. The predicted octanol–water partition coefficient (Wildman–Crippen LogP) is 9.28. The van der Waals surface area contributed by atoms with Crippen LogP contribution in [-0.4, -0.2) is 0 Å². The SMILES string of the molecule is Cc1cc(-c2ccccc2)cc(-c2cccc(-c3cc(C)cc(-c4ccccc4)c3)c2C)c1. The summed E-state index contributed by atoms with van der Waals surface area (Å²) in [6.45, 7) is 6.61. The highest BCUT2D eigenvalue weighted by atomic mass is 14.2. The highest BCUT2D eigenvalue weighted by molar-refractivity contribution is 5.83. The van der Waals surface area contributed by atoms with Crippen LogP contribution in [0.3, 0.4) is 0 Å². The van der Waals surface area contributed by atoms with E-state index in [-0.39, 0.29) is 0 Å². The first kappa shape index (κ1) is 21.0. The molecule has 5 aromatic rings. The highest BCUT2D eigenvalue weighted by Gasteiger charge is 2.11. The molecule has 0 bridgehead atoms. The van der Waals surface area contributed by atoms with Gasteiger partial charge in [-0.25, -0.2) is 0 Å². The molecule has 160 valence electrons. The lowest BCUT2D eigenvalue weighted by Gasteiger charge is -2.15. The van der Waals surface area contributed by atoms with Crippen LogP contribution in [-0.2, 0) is 0 Å². The molecule has 0 saturated carbocycles. The van der Waals surface area contributed by atoms with Crippen LogP contribution in [0.4, 0.5) is 0 Å². The largest absolute Gasteiger partial charge is 0.0622 e. The molecule has 0 aliphatic carbocycles. The van der Waals surface area contributed by atoms with E-state index < -0.39 is 0 Å². The van der Waals surface area contributed by atoms with E-state index in [9.17, 15) is 0 Å². The molecular weight excluding hydrogens is 396 g/mol. The van der Waals surface area contributed by atoms with Gasteiger partial charge in [-0.15, -0.1) is 0 Å². The van der Waals surface area contributed by atoms with Crippen LogP contribution in [0.2, 0.25) is 0 Å². The Balaban J connectivity index is 1.62. The number of hydrogen-bond acceptors (Lipinski definition) is 0. The van der Waals surface area contributed by atoms with Crippen molar-refractivity contribution in [3.63, 3.8) is 0 Å². The molecule has 0 N–H and O–H groups in total. The highest BCUT2D eigenvalue weighted by Crippen LogP contribution is 2.36. The maximum Gasteiger partial charge on any atom is -0.0148 e.